The van der Waals surface area contributed by atoms with Gasteiger partial charge in [0.2, 0.25) is 0 Å². The Labute approximate surface area is 204 Å². The molecule has 1 fully saturated rings. The molecular weight excluding hydrogens is 513 g/mol. The standard InChI is InChI=1S/C22H38ClN5O.HI/c1-5-24-22(26-16-19(4)29-21-9-7-20(23)8-10-21)25-15-18(3)17-28-13-11-27(6-2)12-14-28;/h7-10,18-19H,5-6,11-17H2,1-4H3,(H2,24,25,26);1H. The Bertz CT molecular complexity index is 608. The number of hydrogen-bond acceptors (Lipinski definition) is 4. The van der Waals surface area contributed by atoms with Crippen molar-refractivity contribution in [3.05, 3.63) is 29.3 Å². The summed E-state index contributed by atoms with van der Waals surface area (Å²) in [6.07, 6.45) is 0.0207. The second kappa shape index (κ2) is 15.1. The number of likely N-dealkylation sites (N-methyl/N-ethyl adjacent to an activating group) is 1. The maximum absolute atomic E-state index is 5.93. The number of benzene rings is 1. The first-order valence-electron chi connectivity index (χ1n) is 10.9. The molecule has 1 aliphatic heterocycles. The minimum absolute atomic E-state index is 0. The summed E-state index contributed by atoms with van der Waals surface area (Å²) in [5, 5.41) is 7.43. The average Bonchev–Trinajstić information content (AvgIpc) is 2.72. The Kier molecular flexibility index (Phi) is 13.7. The Balaban J connectivity index is 0.00000450. The van der Waals surface area contributed by atoms with Gasteiger partial charge in [-0.15, -0.1) is 24.0 Å². The highest BCUT2D eigenvalue weighted by molar-refractivity contribution is 14.0. The lowest BCUT2D eigenvalue weighted by atomic mass is 10.1. The van der Waals surface area contributed by atoms with Gasteiger partial charge in [-0.1, -0.05) is 25.4 Å². The van der Waals surface area contributed by atoms with Crippen LogP contribution in [0.2, 0.25) is 5.02 Å². The van der Waals surface area contributed by atoms with Crippen LogP contribution in [0.15, 0.2) is 29.3 Å². The molecule has 1 aromatic carbocycles. The van der Waals surface area contributed by atoms with E-state index in [2.05, 4.69) is 41.2 Å². The summed E-state index contributed by atoms with van der Waals surface area (Å²) in [4.78, 5) is 9.86. The lowest BCUT2D eigenvalue weighted by Gasteiger charge is -2.35. The molecule has 8 heteroatoms. The molecule has 2 N–H and O–H groups in total. The van der Waals surface area contributed by atoms with E-state index in [4.69, 9.17) is 21.3 Å². The quantitative estimate of drug-likeness (QED) is 0.265. The largest absolute Gasteiger partial charge is 0.489 e. The molecular formula is C22H39ClIN5O. The van der Waals surface area contributed by atoms with Crippen molar-refractivity contribution in [1.29, 1.82) is 0 Å². The Morgan fingerprint density at radius 2 is 1.70 bits per heavy atom. The van der Waals surface area contributed by atoms with Gasteiger partial charge in [0.05, 0.1) is 6.54 Å². The predicted molar refractivity (Wildman–Crippen MR) is 139 cm³/mol. The van der Waals surface area contributed by atoms with Crippen LogP contribution in [0.5, 0.6) is 5.75 Å². The third kappa shape index (κ3) is 10.5. The van der Waals surface area contributed by atoms with Gasteiger partial charge >= 0.3 is 0 Å². The van der Waals surface area contributed by atoms with Crippen molar-refractivity contribution in [2.24, 2.45) is 10.9 Å². The maximum Gasteiger partial charge on any atom is 0.191 e. The fourth-order valence-corrected chi connectivity index (χ4v) is 3.53. The minimum Gasteiger partial charge on any atom is -0.489 e. The van der Waals surface area contributed by atoms with E-state index in [0.717, 1.165) is 37.9 Å². The van der Waals surface area contributed by atoms with E-state index in [1.807, 2.05) is 31.2 Å². The number of nitrogens with zero attached hydrogens (tertiary/aromatic N) is 3. The van der Waals surface area contributed by atoms with Crippen LogP contribution in [0.4, 0.5) is 0 Å². The van der Waals surface area contributed by atoms with Crippen LogP contribution in [0.3, 0.4) is 0 Å². The van der Waals surface area contributed by atoms with Gasteiger partial charge in [0.25, 0.3) is 0 Å². The van der Waals surface area contributed by atoms with Crippen molar-refractivity contribution in [2.45, 2.75) is 33.8 Å². The highest BCUT2D eigenvalue weighted by Gasteiger charge is 2.17. The van der Waals surface area contributed by atoms with Gasteiger partial charge in [0.1, 0.15) is 11.9 Å². The van der Waals surface area contributed by atoms with Crippen molar-refractivity contribution >= 4 is 41.5 Å². The topological polar surface area (TPSA) is 52.1 Å². The number of rotatable bonds is 10. The number of guanidine groups is 1. The van der Waals surface area contributed by atoms with Crippen LogP contribution in [0.1, 0.15) is 27.7 Å². The fourth-order valence-electron chi connectivity index (χ4n) is 3.40. The van der Waals surface area contributed by atoms with Crippen molar-refractivity contribution in [3.8, 4) is 5.75 Å². The van der Waals surface area contributed by atoms with E-state index >= 15 is 0 Å². The van der Waals surface area contributed by atoms with Gasteiger partial charge in [-0.2, -0.15) is 0 Å². The molecule has 0 amide bonds. The van der Waals surface area contributed by atoms with Crippen molar-refractivity contribution in [3.63, 3.8) is 0 Å². The summed E-state index contributed by atoms with van der Waals surface area (Å²) in [7, 11) is 0. The fraction of sp³-hybridized carbons (Fsp3) is 0.682. The van der Waals surface area contributed by atoms with E-state index in [-0.39, 0.29) is 30.1 Å². The van der Waals surface area contributed by atoms with E-state index in [9.17, 15) is 0 Å². The molecule has 0 spiro atoms. The van der Waals surface area contributed by atoms with Crippen molar-refractivity contribution < 1.29 is 4.74 Å². The molecule has 1 aromatic rings. The molecule has 172 valence electrons. The van der Waals surface area contributed by atoms with Gasteiger partial charge < -0.3 is 25.2 Å². The molecule has 0 aromatic heterocycles. The van der Waals surface area contributed by atoms with E-state index in [1.165, 1.54) is 26.2 Å². The van der Waals surface area contributed by atoms with E-state index < -0.39 is 0 Å². The van der Waals surface area contributed by atoms with Gasteiger partial charge in [-0.05, 0) is 50.6 Å². The number of hydrogen-bond donors (Lipinski definition) is 2. The number of piperazine rings is 1. The summed E-state index contributed by atoms with van der Waals surface area (Å²) in [5.41, 5.74) is 0. The zero-order valence-electron chi connectivity index (χ0n) is 18.9. The number of aliphatic imine (C=N–C) groups is 1. The second-order valence-corrected chi connectivity index (χ2v) is 8.26. The second-order valence-electron chi connectivity index (χ2n) is 7.82. The molecule has 2 unspecified atom stereocenters. The predicted octanol–water partition coefficient (Wildman–Crippen LogP) is 3.55. The van der Waals surface area contributed by atoms with Gasteiger partial charge in [0, 0.05) is 50.8 Å². The van der Waals surface area contributed by atoms with Crippen LogP contribution in [0, 0.1) is 5.92 Å². The van der Waals surface area contributed by atoms with Crippen LogP contribution < -0.4 is 15.4 Å². The molecule has 2 atom stereocenters. The lowest BCUT2D eigenvalue weighted by Crippen LogP contribution is -2.47. The zero-order valence-corrected chi connectivity index (χ0v) is 22.0. The van der Waals surface area contributed by atoms with Gasteiger partial charge in [-0.3, -0.25) is 4.99 Å². The van der Waals surface area contributed by atoms with Crippen LogP contribution in [-0.2, 0) is 0 Å². The first-order chi connectivity index (χ1) is 14.0. The van der Waals surface area contributed by atoms with Gasteiger partial charge in [-0.25, -0.2) is 0 Å². The first-order valence-corrected chi connectivity index (χ1v) is 11.3. The number of ether oxygens (including phenoxy) is 1. The first kappa shape index (κ1) is 27.3. The van der Waals surface area contributed by atoms with E-state index in [1.54, 1.807) is 0 Å². The zero-order chi connectivity index (χ0) is 21.1. The van der Waals surface area contributed by atoms with Crippen LogP contribution >= 0.6 is 35.6 Å². The minimum atomic E-state index is 0. The Morgan fingerprint density at radius 1 is 1.07 bits per heavy atom. The van der Waals surface area contributed by atoms with Crippen molar-refractivity contribution in [2.75, 3.05) is 58.9 Å². The SMILES string of the molecule is CCNC(=NCC(C)CN1CCN(CC)CC1)NCC(C)Oc1ccc(Cl)cc1.I. The summed E-state index contributed by atoms with van der Waals surface area (Å²) in [5.74, 6) is 2.20. The molecule has 0 aliphatic carbocycles. The lowest BCUT2D eigenvalue weighted by molar-refractivity contribution is 0.125. The molecule has 0 radical (unpaired) electrons. The van der Waals surface area contributed by atoms with Crippen LogP contribution in [0.25, 0.3) is 0 Å². The summed E-state index contributed by atoms with van der Waals surface area (Å²) >= 11 is 5.92. The molecule has 2 rings (SSSR count). The summed E-state index contributed by atoms with van der Waals surface area (Å²) < 4.78 is 5.93. The molecule has 0 bridgehead atoms. The molecule has 1 saturated heterocycles. The average molecular weight is 552 g/mol. The molecule has 1 aliphatic rings. The summed E-state index contributed by atoms with van der Waals surface area (Å²) in [6.45, 7) is 18.0. The number of nitrogens with one attached hydrogen (secondary N) is 2. The third-order valence-electron chi connectivity index (χ3n) is 5.10. The Morgan fingerprint density at radius 3 is 2.30 bits per heavy atom. The highest BCUT2D eigenvalue weighted by Crippen LogP contribution is 2.16. The van der Waals surface area contributed by atoms with Gasteiger partial charge in [0.15, 0.2) is 5.96 Å². The molecule has 6 nitrogen and oxygen atoms in total. The highest BCUT2D eigenvalue weighted by atomic mass is 127. The number of halogens is 2. The van der Waals surface area contributed by atoms with E-state index in [0.29, 0.717) is 17.5 Å². The van der Waals surface area contributed by atoms with Crippen LogP contribution in [-0.4, -0.2) is 80.8 Å². The summed E-state index contributed by atoms with van der Waals surface area (Å²) in [6, 6.07) is 7.46. The molecule has 0 saturated carbocycles. The Hall–Kier alpha value is -0.770. The smallest absolute Gasteiger partial charge is 0.191 e. The normalized spacial score (nSPS) is 17.7. The maximum atomic E-state index is 5.93. The molecule has 1 heterocycles. The third-order valence-corrected chi connectivity index (χ3v) is 5.35. The molecule has 30 heavy (non-hydrogen) atoms. The monoisotopic (exact) mass is 551 g/mol. The van der Waals surface area contributed by atoms with Crippen molar-refractivity contribution in [1.82, 2.24) is 20.4 Å².